The van der Waals surface area contributed by atoms with Gasteiger partial charge >= 0.3 is 5.97 Å². The summed E-state index contributed by atoms with van der Waals surface area (Å²) in [7, 11) is 4.11. The topological polar surface area (TPSA) is 107 Å². The van der Waals surface area contributed by atoms with Gasteiger partial charge in [-0.1, -0.05) is 10.8 Å². The number of esters is 1. The summed E-state index contributed by atoms with van der Waals surface area (Å²) in [6, 6.07) is 0. The molecular weight excluding hydrogens is 312 g/mol. The number of carbonyl (C=O) groups is 1. The highest BCUT2D eigenvalue weighted by molar-refractivity contribution is 9.11. The van der Waals surface area contributed by atoms with E-state index in [1.54, 1.807) is 5.41 Å². The molecule has 1 heterocycles. The summed E-state index contributed by atoms with van der Waals surface area (Å²) in [6.07, 6.45) is 0. The molecule has 1 aliphatic rings. The molecule has 0 saturated heterocycles. The molecule has 19 heavy (non-hydrogen) atoms. The number of aliphatic hydroxyl groups is 4. The number of carbonyl (C=O) groups excluding carboxylic acids is 1. The lowest BCUT2D eigenvalue weighted by Crippen LogP contribution is -2.54. The Morgan fingerprint density at radius 3 is 2.21 bits per heavy atom. The van der Waals surface area contributed by atoms with Crippen LogP contribution in [0, 0.1) is 10.8 Å². The van der Waals surface area contributed by atoms with E-state index >= 15 is 0 Å². The molecule has 0 fully saturated rings. The van der Waals surface area contributed by atoms with E-state index in [-0.39, 0.29) is 0 Å². The van der Waals surface area contributed by atoms with Gasteiger partial charge in [-0.25, -0.2) is 0 Å². The first-order valence-corrected chi connectivity index (χ1v) is 8.88. The van der Waals surface area contributed by atoms with Crippen LogP contribution in [0.2, 0.25) is 0 Å². The monoisotopic (exact) mass is 328 g/mol. The van der Waals surface area contributed by atoms with Gasteiger partial charge in [0.1, 0.15) is 5.41 Å². The number of hydrogen-bond acceptors (Lipinski definition) is 9. The Kier molecular flexibility index (Phi) is 6.51. The van der Waals surface area contributed by atoms with Crippen LogP contribution in [-0.2, 0) is 9.53 Å². The van der Waals surface area contributed by atoms with Crippen molar-refractivity contribution in [2.45, 2.75) is 6.92 Å². The molecule has 0 aromatic rings. The molecule has 0 saturated carbocycles. The first-order valence-electron chi connectivity index (χ1n) is 5.33. The first kappa shape index (κ1) is 17.2. The largest absolute Gasteiger partial charge is 0.438 e. The lowest BCUT2D eigenvalue weighted by atomic mass is 9.65. The van der Waals surface area contributed by atoms with Crippen LogP contribution in [0.3, 0.4) is 0 Å². The smallest absolute Gasteiger partial charge is 0.319 e. The van der Waals surface area contributed by atoms with Gasteiger partial charge in [-0.05, 0) is 33.0 Å². The third kappa shape index (κ3) is 2.92. The van der Waals surface area contributed by atoms with Gasteiger partial charge in [0.05, 0.1) is 25.2 Å². The Morgan fingerprint density at radius 1 is 1.26 bits per heavy atom. The average molecular weight is 328 g/mol. The molecule has 6 nitrogen and oxygen atoms in total. The summed E-state index contributed by atoms with van der Waals surface area (Å²) >= 11 is 0. The Hall–Kier alpha value is 0.1000. The van der Waals surface area contributed by atoms with Crippen molar-refractivity contribution in [2.75, 3.05) is 26.6 Å². The van der Waals surface area contributed by atoms with E-state index in [9.17, 15) is 20.1 Å². The summed E-state index contributed by atoms with van der Waals surface area (Å²) in [5.74, 6) is -0.797. The third-order valence-corrected chi connectivity index (χ3v) is 7.30. The normalized spacial score (nSPS) is 18.9. The molecule has 1 aliphatic heterocycles. The second-order valence-electron chi connectivity index (χ2n) is 4.17. The quantitative estimate of drug-likeness (QED) is 0.299. The summed E-state index contributed by atoms with van der Waals surface area (Å²) in [6.45, 7) is -1.09. The van der Waals surface area contributed by atoms with Gasteiger partial charge < -0.3 is 25.2 Å². The Morgan fingerprint density at radius 2 is 1.84 bits per heavy atom. The van der Waals surface area contributed by atoms with E-state index < -0.39 is 43.4 Å². The van der Waals surface area contributed by atoms with Crippen LogP contribution in [-0.4, -0.2) is 53.0 Å². The molecule has 0 radical (unpaired) electrons. The van der Waals surface area contributed by atoms with E-state index in [0.29, 0.717) is 4.91 Å². The number of rotatable bonds is 7. The molecule has 9 heteroatoms. The lowest BCUT2D eigenvalue weighted by molar-refractivity contribution is -0.176. The molecular formula is C10H16O6S3. The van der Waals surface area contributed by atoms with Gasteiger partial charge in [-0.15, -0.1) is 0 Å². The fraction of sp³-hybridized carbons (Fsp3) is 0.700. The van der Waals surface area contributed by atoms with Crippen LogP contribution in [0.15, 0.2) is 10.3 Å². The highest BCUT2D eigenvalue weighted by Gasteiger charge is 2.57. The minimum Gasteiger partial charge on any atom is -0.438 e. The van der Waals surface area contributed by atoms with Crippen molar-refractivity contribution in [1.82, 2.24) is 0 Å². The van der Waals surface area contributed by atoms with Crippen LogP contribution in [0.1, 0.15) is 6.92 Å². The maximum absolute atomic E-state index is 12.2. The number of aliphatic hydroxyl groups excluding tert-OH is 4. The van der Waals surface area contributed by atoms with Gasteiger partial charge in [-0.2, -0.15) is 0 Å². The number of ether oxygens (including phenoxy) is 1. The summed E-state index contributed by atoms with van der Waals surface area (Å²) in [5, 5.41) is 39.1. The summed E-state index contributed by atoms with van der Waals surface area (Å²) < 4.78 is 4.64. The van der Waals surface area contributed by atoms with Gasteiger partial charge in [0, 0.05) is 4.91 Å². The summed E-state index contributed by atoms with van der Waals surface area (Å²) in [5.41, 5.74) is -2.90. The second-order valence-corrected chi connectivity index (χ2v) is 8.05. The van der Waals surface area contributed by atoms with Crippen LogP contribution in [0.25, 0.3) is 0 Å². The predicted octanol–water partition coefficient (Wildman–Crippen LogP) is 0.334. The van der Waals surface area contributed by atoms with E-state index in [1.165, 1.54) is 38.3 Å². The SMILES string of the molecule is CC(C(=O)OCO)(C1=CSSS1)C(CO)(CO)CO. The van der Waals surface area contributed by atoms with Crippen molar-refractivity contribution < 1.29 is 30.0 Å². The van der Waals surface area contributed by atoms with E-state index in [1.807, 2.05) is 0 Å². The molecule has 4 N–H and O–H groups in total. The third-order valence-electron chi connectivity index (χ3n) is 3.38. The molecule has 110 valence electrons. The van der Waals surface area contributed by atoms with Crippen molar-refractivity contribution in [2.24, 2.45) is 10.8 Å². The molecule has 0 aromatic carbocycles. The maximum Gasteiger partial charge on any atom is 0.319 e. The van der Waals surface area contributed by atoms with Gasteiger partial charge in [0.15, 0.2) is 6.79 Å². The minimum atomic E-state index is -1.47. The van der Waals surface area contributed by atoms with Gasteiger partial charge in [-0.3, -0.25) is 4.79 Å². The molecule has 0 spiro atoms. The van der Waals surface area contributed by atoms with Gasteiger partial charge in [0.25, 0.3) is 0 Å². The van der Waals surface area contributed by atoms with Crippen molar-refractivity contribution >= 4 is 37.4 Å². The zero-order valence-electron chi connectivity index (χ0n) is 10.2. The zero-order valence-corrected chi connectivity index (χ0v) is 12.7. The molecule has 1 rings (SSSR count). The van der Waals surface area contributed by atoms with Crippen LogP contribution >= 0.6 is 31.4 Å². The zero-order chi connectivity index (χ0) is 14.5. The lowest BCUT2D eigenvalue weighted by Gasteiger charge is -2.43. The molecule has 0 amide bonds. The molecule has 1 atom stereocenters. The first-order chi connectivity index (χ1) is 9.02. The fourth-order valence-corrected chi connectivity index (χ4v) is 6.14. The molecule has 1 unspecified atom stereocenters. The minimum absolute atomic E-state index is 0.568. The fourth-order valence-electron chi connectivity index (χ4n) is 1.75. The Bertz CT molecular complexity index is 349. The molecule has 0 bridgehead atoms. The molecule has 0 aliphatic carbocycles. The van der Waals surface area contributed by atoms with E-state index in [0.717, 1.165) is 0 Å². The Labute approximate surface area is 122 Å². The van der Waals surface area contributed by atoms with Crippen LogP contribution in [0.4, 0.5) is 0 Å². The van der Waals surface area contributed by atoms with Crippen molar-refractivity contribution in [1.29, 1.82) is 0 Å². The van der Waals surface area contributed by atoms with Crippen LogP contribution < -0.4 is 0 Å². The van der Waals surface area contributed by atoms with Crippen molar-refractivity contribution in [3.05, 3.63) is 10.3 Å². The van der Waals surface area contributed by atoms with E-state index in [2.05, 4.69) is 4.74 Å². The molecule has 0 aromatic heterocycles. The standard InChI is InChI=1S/C10H16O6S3/c1-9(8(15)16-6-14,7-2-17-19-18-7)10(3-11,4-12)5-13/h2,11-14H,3-6H2,1H3. The average Bonchev–Trinajstić information content (AvgIpc) is 2.95. The highest BCUT2D eigenvalue weighted by atomic mass is 33.5. The predicted molar refractivity (Wildman–Crippen MR) is 75.8 cm³/mol. The van der Waals surface area contributed by atoms with Crippen molar-refractivity contribution in [3.8, 4) is 0 Å². The second kappa shape index (κ2) is 7.21. The maximum atomic E-state index is 12.2. The summed E-state index contributed by atoms with van der Waals surface area (Å²) in [4.78, 5) is 12.8. The van der Waals surface area contributed by atoms with Crippen molar-refractivity contribution in [3.63, 3.8) is 0 Å². The Balaban J connectivity index is 3.28. The van der Waals surface area contributed by atoms with Crippen LogP contribution in [0.5, 0.6) is 0 Å². The van der Waals surface area contributed by atoms with E-state index in [4.69, 9.17) is 5.11 Å². The number of hydrogen-bond donors (Lipinski definition) is 4. The highest BCUT2D eigenvalue weighted by Crippen LogP contribution is 2.60. The van der Waals surface area contributed by atoms with Gasteiger partial charge in [0.2, 0.25) is 0 Å².